The Kier molecular flexibility index (Phi) is 5.61. The number of benzene rings is 1. The maximum atomic E-state index is 13.1. The molecular formula is C18H23N3O6S. The highest BCUT2D eigenvalue weighted by molar-refractivity contribution is 7.89. The molecule has 1 aromatic heterocycles. The molecule has 1 aromatic carbocycles. The van der Waals surface area contributed by atoms with Crippen molar-refractivity contribution >= 4 is 21.6 Å². The van der Waals surface area contributed by atoms with Crippen molar-refractivity contribution in [3.05, 3.63) is 29.7 Å². The SMILES string of the molecule is COc1cc(NC(=O)[C@@H]2CCCN2S(=O)(=O)c2c(C)noc2C)cc(OC)c1. The van der Waals surface area contributed by atoms with E-state index in [0.29, 0.717) is 30.0 Å². The van der Waals surface area contributed by atoms with Gasteiger partial charge in [0.2, 0.25) is 15.9 Å². The topological polar surface area (TPSA) is 111 Å². The molecule has 1 amide bonds. The predicted molar refractivity (Wildman–Crippen MR) is 101 cm³/mol. The summed E-state index contributed by atoms with van der Waals surface area (Å²) in [7, 11) is -0.884. The summed E-state index contributed by atoms with van der Waals surface area (Å²) in [5.41, 5.74) is 0.740. The Bertz CT molecular complexity index is 943. The number of rotatable bonds is 6. The quantitative estimate of drug-likeness (QED) is 0.778. The smallest absolute Gasteiger partial charge is 0.249 e. The molecule has 1 saturated heterocycles. The number of nitrogens with zero attached hydrogens (tertiary/aromatic N) is 2. The number of methoxy groups -OCH3 is 2. The van der Waals surface area contributed by atoms with Crippen LogP contribution in [0.4, 0.5) is 5.69 Å². The lowest BCUT2D eigenvalue weighted by Crippen LogP contribution is -2.43. The molecule has 0 spiro atoms. The number of carbonyl (C=O) groups excluding carboxylic acids is 1. The Morgan fingerprint density at radius 3 is 2.39 bits per heavy atom. The molecule has 28 heavy (non-hydrogen) atoms. The Balaban J connectivity index is 1.86. The maximum Gasteiger partial charge on any atom is 0.249 e. The second kappa shape index (κ2) is 7.80. The highest BCUT2D eigenvalue weighted by Gasteiger charge is 2.41. The van der Waals surface area contributed by atoms with Crippen molar-refractivity contribution in [2.24, 2.45) is 0 Å². The highest BCUT2D eigenvalue weighted by Crippen LogP contribution is 2.31. The number of hydrogen-bond donors (Lipinski definition) is 1. The summed E-state index contributed by atoms with van der Waals surface area (Å²) in [6, 6.07) is 4.14. The largest absolute Gasteiger partial charge is 0.497 e. The van der Waals surface area contributed by atoms with Gasteiger partial charge in [-0.05, 0) is 26.7 Å². The van der Waals surface area contributed by atoms with Crippen molar-refractivity contribution in [3.63, 3.8) is 0 Å². The van der Waals surface area contributed by atoms with Crippen molar-refractivity contribution < 1.29 is 27.2 Å². The van der Waals surface area contributed by atoms with Crippen molar-refractivity contribution in [3.8, 4) is 11.5 Å². The monoisotopic (exact) mass is 409 g/mol. The fourth-order valence-electron chi connectivity index (χ4n) is 3.36. The van der Waals surface area contributed by atoms with Gasteiger partial charge in [0.1, 0.15) is 28.1 Å². The Labute approximate surface area is 163 Å². The molecule has 1 atom stereocenters. The first kappa shape index (κ1) is 20.2. The fourth-order valence-corrected chi connectivity index (χ4v) is 5.31. The summed E-state index contributed by atoms with van der Waals surface area (Å²) < 4.78 is 42.8. The van der Waals surface area contributed by atoms with E-state index in [1.807, 2.05) is 0 Å². The lowest BCUT2D eigenvalue weighted by molar-refractivity contribution is -0.119. The van der Waals surface area contributed by atoms with Crippen LogP contribution in [0, 0.1) is 13.8 Å². The standard InChI is InChI=1S/C18H23N3O6S/c1-11-17(12(2)27-20-11)28(23,24)21-7-5-6-16(21)18(22)19-13-8-14(25-3)10-15(9-13)26-4/h8-10,16H,5-7H2,1-4H3,(H,19,22)/t16-/m0/s1. The minimum atomic E-state index is -3.90. The summed E-state index contributed by atoms with van der Waals surface area (Å²) in [6.45, 7) is 3.36. The number of amides is 1. The van der Waals surface area contributed by atoms with Gasteiger partial charge in [-0.3, -0.25) is 4.79 Å². The zero-order valence-electron chi connectivity index (χ0n) is 16.2. The van der Waals surface area contributed by atoms with Crippen LogP contribution in [0.1, 0.15) is 24.3 Å². The van der Waals surface area contributed by atoms with Gasteiger partial charge in [-0.25, -0.2) is 8.42 Å². The van der Waals surface area contributed by atoms with Crippen molar-refractivity contribution in [2.45, 2.75) is 37.6 Å². The van der Waals surface area contributed by atoms with Crippen LogP contribution in [0.2, 0.25) is 0 Å². The van der Waals surface area contributed by atoms with E-state index in [2.05, 4.69) is 10.5 Å². The molecule has 0 bridgehead atoms. The molecule has 152 valence electrons. The Hall–Kier alpha value is -2.59. The van der Waals surface area contributed by atoms with E-state index in [4.69, 9.17) is 14.0 Å². The molecule has 1 aliphatic rings. The first-order valence-electron chi connectivity index (χ1n) is 8.76. The number of carbonyl (C=O) groups is 1. The third kappa shape index (κ3) is 3.69. The van der Waals surface area contributed by atoms with Crippen LogP contribution in [0.5, 0.6) is 11.5 Å². The minimum Gasteiger partial charge on any atom is -0.497 e. The summed E-state index contributed by atoms with van der Waals surface area (Å²) in [5, 5.41) is 6.49. The first-order valence-corrected chi connectivity index (χ1v) is 10.2. The van der Waals surface area contributed by atoms with E-state index in [9.17, 15) is 13.2 Å². The molecule has 0 saturated carbocycles. The van der Waals surface area contributed by atoms with Gasteiger partial charge in [-0.2, -0.15) is 4.31 Å². The second-order valence-corrected chi connectivity index (χ2v) is 8.35. The van der Waals surface area contributed by atoms with Gasteiger partial charge in [0.05, 0.1) is 14.2 Å². The zero-order chi connectivity index (χ0) is 20.5. The number of ether oxygens (including phenoxy) is 2. The molecule has 1 fully saturated rings. The third-order valence-electron chi connectivity index (χ3n) is 4.66. The van der Waals surface area contributed by atoms with Crippen LogP contribution in [0.3, 0.4) is 0 Å². The summed E-state index contributed by atoms with van der Waals surface area (Å²) >= 11 is 0. The number of anilines is 1. The molecule has 1 aliphatic heterocycles. The number of sulfonamides is 1. The number of aromatic nitrogens is 1. The van der Waals surface area contributed by atoms with Crippen molar-refractivity contribution in [1.29, 1.82) is 0 Å². The number of nitrogens with one attached hydrogen (secondary N) is 1. The molecule has 9 nitrogen and oxygen atoms in total. The second-order valence-electron chi connectivity index (χ2n) is 6.52. The van der Waals surface area contributed by atoms with E-state index in [1.165, 1.54) is 18.5 Å². The van der Waals surface area contributed by atoms with Crippen molar-refractivity contribution in [1.82, 2.24) is 9.46 Å². The predicted octanol–water partition coefficient (Wildman–Crippen LogP) is 2.10. The minimum absolute atomic E-state index is 0.0234. The molecule has 2 heterocycles. The van der Waals surface area contributed by atoms with Crippen LogP contribution in [0.15, 0.2) is 27.6 Å². The average Bonchev–Trinajstić information content (AvgIpc) is 3.28. The lowest BCUT2D eigenvalue weighted by Gasteiger charge is -2.23. The Morgan fingerprint density at radius 1 is 1.21 bits per heavy atom. The van der Waals surface area contributed by atoms with Crippen LogP contribution in [0.25, 0.3) is 0 Å². The van der Waals surface area contributed by atoms with E-state index >= 15 is 0 Å². The maximum absolute atomic E-state index is 13.1. The van der Waals surface area contributed by atoms with Gasteiger partial charge >= 0.3 is 0 Å². The van der Waals surface area contributed by atoms with Crippen LogP contribution in [-0.4, -0.2) is 50.6 Å². The van der Waals surface area contributed by atoms with Gasteiger partial charge in [-0.1, -0.05) is 5.16 Å². The molecule has 10 heteroatoms. The van der Waals surface area contributed by atoms with Gasteiger partial charge in [0.15, 0.2) is 5.76 Å². The van der Waals surface area contributed by atoms with Crippen LogP contribution >= 0.6 is 0 Å². The van der Waals surface area contributed by atoms with Crippen LogP contribution < -0.4 is 14.8 Å². The summed E-state index contributed by atoms with van der Waals surface area (Å²) in [4.78, 5) is 12.9. The summed E-state index contributed by atoms with van der Waals surface area (Å²) in [6.07, 6.45) is 1.01. The van der Waals surface area contributed by atoms with E-state index in [0.717, 1.165) is 0 Å². The van der Waals surface area contributed by atoms with Crippen molar-refractivity contribution in [2.75, 3.05) is 26.1 Å². The first-order chi connectivity index (χ1) is 13.3. The number of hydrogen-bond acceptors (Lipinski definition) is 7. The average molecular weight is 409 g/mol. The fraction of sp³-hybridized carbons (Fsp3) is 0.444. The van der Waals surface area contributed by atoms with E-state index < -0.39 is 22.0 Å². The summed E-state index contributed by atoms with van der Waals surface area (Å²) in [5.74, 6) is 0.826. The molecule has 0 radical (unpaired) electrons. The third-order valence-corrected chi connectivity index (χ3v) is 6.81. The highest BCUT2D eigenvalue weighted by atomic mass is 32.2. The molecular weight excluding hydrogens is 386 g/mol. The van der Waals surface area contributed by atoms with Gasteiger partial charge in [0, 0.05) is 30.4 Å². The van der Waals surface area contributed by atoms with E-state index in [1.54, 1.807) is 32.0 Å². The molecule has 1 N–H and O–H groups in total. The molecule has 0 aliphatic carbocycles. The van der Waals surface area contributed by atoms with Gasteiger partial charge < -0.3 is 19.3 Å². The Morgan fingerprint density at radius 2 is 1.86 bits per heavy atom. The van der Waals surface area contributed by atoms with Crippen LogP contribution in [-0.2, 0) is 14.8 Å². The van der Waals surface area contributed by atoms with Gasteiger partial charge in [0.25, 0.3) is 0 Å². The molecule has 2 aromatic rings. The molecule has 0 unspecified atom stereocenters. The van der Waals surface area contributed by atoms with Gasteiger partial charge in [-0.15, -0.1) is 0 Å². The number of aryl methyl sites for hydroxylation is 2. The normalized spacial score (nSPS) is 17.5. The zero-order valence-corrected chi connectivity index (χ0v) is 17.0. The molecule has 3 rings (SSSR count). The lowest BCUT2D eigenvalue weighted by atomic mass is 10.2. The van der Waals surface area contributed by atoms with E-state index in [-0.39, 0.29) is 22.9 Å².